The number of nitrogens with one attached hydrogen (secondary N) is 5. The minimum atomic E-state index is -0.602. The van der Waals surface area contributed by atoms with Gasteiger partial charge in [-0.25, -0.2) is 19.6 Å². The van der Waals surface area contributed by atoms with Crippen molar-refractivity contribution in [3.8, 4) is 0 Å². The van der Waals surface area contributed by atoms with Crippen LogP contribution >= 0.6 is 11.6 Å². The maximum absolute atomic E-state index is 11.8. The highest BCUT2D eigenvalue weighted by Gasteiger charge is 2.22. The van der Waals surface area contributed by atoms with Crippen LogP contribution < -0.4 is 26.6 Å². The lowest BCUT2D eigenvalue weighted by Gasteiger charge is -2.22. The van der Waals surface area contributed by atoms with Crippen LogP contribution in [-0.4, -0.2) is 83.9 Å². The number of amides is 2. The summed E-state index contributed by atoms with van der Waals surface area (Å²) in [7, 11) is 0. The van der Waals surface area contributed by atoms with Gasteiger partial charge in [-0.15, -0.1) is 0 Å². The fraction of sp³-hybridized carbons (Fsp3) is 0.667. The lowest BCUT2D eigenvalue weighted by Crippen LogP contribution is -2.42. The van der Waals surface area contributed by atoms with Crippen molar-refractivity contribution < 1.29 is 28.9 Å². The minimum absolute atomic E-state index is 0.0290. The number of nitrogens with zero attached hydrogens (tertiary/aromatic N) is 6. The molecule has 2 unspecified atom stereocenters. The van der Waals surface area contributed by atoms with Crippen molar-refractivity contribution >= 4 is 52.7 Å². The van der Waals surface area contributed by atoms with Gasteiger partial charge in [0.05, 0.1) is 9.85 Å². The molecule has 19 nitrogen and oxygen atoms in total. The van der Waals surface area contributed by atoms with Crippen molar-refractivity contribution in [3.05, 3.63) is 37.9 Å². The molecule has 0 bridgehead atoms. The fourth-order valence-corrected chi connectivity index (χ4v) is 3.73. The Bertz CT molecular complexity index is 1460. The molecule has 2 aromatic heterocycles. The molecule has 2 heterocycles. The molecule has 0 aromatic carbocycles. The Morgan fingerprint density at radius 3 is 1.52 bits per heavy atom. The summed E-state index contributed by atoms with van der Waals surface area (Å²) in [5.74, 6) is 0.443. The number of anilines is 3. The summed E-state index contributed by atoms with van der Waals surface area (Å²) in [4.78, 5) is 59.8. The first-order valence-electron chi connectivity index (χ1n) is 15.8. The molecular formula is C30H50ClN11O8. The van der Waals surface area contributed by atoms with Gasteiger partial charge in [-0.1, -0.05) is 0 Å². The Hall–Kier alpha value is -4.81. The van der Waals surface area contributed by atoms with E-state index < -0.39 is 22.0 Å². The lowest BCUT2D eigenvalue weighted by atomic mass is 10.1. The third kappa shape index (κ3) is 18.7. The molecule has 0 aliphatic carbocycles. The highest BCUT2D eigenvalue weighted by molar-refractivity contribution is 6.28. The number of aromatic nitrogens is 4. The summed E-state index contributed by atoms with van der Waals surface area (Å²) in [5, 5.41) is 36.2. The van der Waals surface area contributed by atoms with Crippen LogP contribution in [0.15, 0.2) is 12.4 Å². The van der Waals surface area contributed by atoms with Gasteiger partial charge in [0.25, 0.3) is 0 Å². The van der Waals surface area contributed by atoms with Crippen LogP contribution in [0.4, 0.5) is 38.5 Å². The molecule has 0 aliphatic rings. The first-order chi connectivity index (χ1) is 22.8. The zero-order chi connectivity index (χ0) is 38.4. The average molecular weight is 728 g/mol. The van der Waals surface area contributed by atoms with E-state index >= 15 is 0 Å². The van der Waals surface area contributed by atoms with Gasteiger partial charge in [0.15, 0.2) is 0 Å². The maximum atomic E-state index is 11.8. The predicted molar refractivity (Wildman–Crippen MR) is 190 cm³/mol. The van der Waals surface area contributed by atoms with E-state index in [-0.39, 0.29) is 57.1 Å². The number of rotatable bonds is 13. The molecule has 0 saturated heterocycles. The zero-order valence-electron chi connectivity index (χ0n) is 30.5. The third-order valence-corrected chi connectivity index (χ3v) is 5.83. The van der Waals surface area contributed by atoms with Gasteiger partial charge < -0.3 is 36.1 Å². The van der Waals surface area contributed by atoms with Gasteiger partial charge in [-0.05, 0) is 87.8 Å². The van der Waals surface area contributed by atoms with Gasteiger partial charge in [0, 0.05) is 42.5 Å². The van der Waals surface area contributed by atoms with Crippen LogP contribution in [0.1, 0.15) is 89.0 Å². The van der Waals surface area contributed by atoms with Crippen molar-refractivity contribution in [2.75, 3.05) is 29.0 Å². The minimum Gasteiger partial charge on any atom is -0.446 e. The summed E-state index contributed by atoms with van der Waals surface area (Å²) < 4.78 is 10.4. The predicted octanol–water partition coefficient (Wildman–Crippen LogP) is 6.06. The van der Waals surface area contributed by atoms with Crippen LogP contribution in [-0.2, 0) is 9.47 Å². The van der Waals surface area contributed by atoms with Crippen molar-refractivity contribution in [3.63, 3.8) is 0 Å². The quantitative estimate of drug-likeness (QED) is 0.0892. The van der Waals surface area contributed by atoms with Gasteiger partial charge in [0.1, 0.15) is 24.6 Å². The molecule has 0 spiro atoms. The van der Waals surface area contributed by atoms with E-state index in [1.54, 1.807) is 13.8 Å². The molecule has 5 N–H and O–H groups in total. The molecular weight excluding hydrogens is 678 g/mol. The van der Waals surface area contributed by atoms with Gasteiger partial charge in [-0.2, -0.15) is 9.97 Å². The third-order valence-electron chi connectivity index (χ3n) is 5.65. The Labute approximate surface area is 296 Å². The Morgan fingerprint density at radius 2 is 1.14 bits per heavy atom. The summed E-state index contributed by atoms with van der Waals surface area (Å²) in [5.41, 5.74) is -1.53. The molecule has 20 heteroatoms. The van der Waals surface area contributed by atoms with E-state index in [0.29, 0.717) is 31.9 Å². The topological polar surface area (TPSA) is 251 Å². The van der Waals surface area contributed by atoms with Gasteiger partial charge in [0.2, 0.25) is 22.9 Å². The number of halogens is 1. The highest BCUT2D eigenvalue weighted by Crippen LogP contribution is 2.24. The molecule has 0 aliphatic heterocycles. The van der Waals surface area contributed by atoms with E-state index in [9.17, 15) is 29.8 Å². The molecule has 280 valence electrons. The lowest BCUT2D eigenvalue weighted by molar-refractivity contribution is -0.384. The zero-order valence-corrected chi connectivity index (χ0v) is 31.2. The summed E-state index contributed by atoms with van der Waals surface area (Å²) in [6, 6.07) is 0. The number of carbonyl (C=O) groups is 2. The second-order valence-corrected chi connectivity index (χ2v) is 14.6. The monoisotopic (exact) mass is 727 g/mol. The number of carbonyl (C=O) groups excluding carboxylic acids is 2. The molecule has 2 amide bonds. The van der Waals surface area contributed by atoms with E-state index in [4.69, 9.17) is 21.1 Å². The van der Waals surface area contributed by atoms with E-state index in [1.165, 1.54) is 6.20 Å². The van der Waals surface area contributed by atoms with E-state index in [1.807, 2.05) is 62.3 Å². The molecule has 50 heavy (non-hydrogen) atoms. The molecule has 2 atom stereocenters. The summed E-state index contributed by atoms with van der Waals surface area (Å²) in [6.45, 7) is 21.1. The molecule has 0 fully saturated rings. The molecule has 2 aromatic rings. The number of alkyl carbamates (subject to hydrolysis) is 2. The highest BCUT2D eigenvalue weighted by atomic mass is 35.5. The maximum Gasteiger partial charge on any atom is 0.407 e. The standard InChI is InChI=1S/C17H30N6O4.C13H20ClN5O4/c1-11(27-15(24)22-17(5,6)7)8-9-18-13-12(23(25)26)10-19-14(20-13)21-16(2,3)4;1-8(23-12(20)18-13(2,3)4)5-6-15-10-9(19(21)22)7-16-11(14)17-10/h10-11H,8-9H2,1-7H3,(H,22,24)(H2,18,19,20,21);7-8H,5-6H2,1-4H3,(H,18,20)(H,15,16,17). The second kappa shape index (κ2) is 18.8. The Kier molecular flexibility index (Phi) is 16.3. The number of nitro groups is 2. The van der Waals surface area contributed by atoms with Crippen molar-refractivity contribution in [1.29, 1.82) is 0 Å². The molecule has 0 radical (unpaired) electrons. The van der Waals surface area contributed by atoms with E-state index in [0.717, 1.165) is 6.20 Å². The van der Waals surface area contributed by atoms with Crippen molar-refractivity contribution in [2.45, 2.75) is 118 Å². The van der Waals surface area contributed by atoms with Crippen molar-refractivity contribution in [2.24, 2.45) is 0 Å². The van der Waals surface area contributed by atoms with E-state index in [2.05, 4.69) is 46.5 Å². The van der Waals surface area contributed by atoms with Crippen LogP contribution in [0.3, 0.4) is 0 Å². The number of hydrogen-bond acceptors (Lipinski definition) is 15. The number of hydrogen-bond donors (Lipinski definition) is 5. The first-order valence-corrected chi connectivity index (χ1v) is 16.1. The fourth-order valence-electron chi connectivity index (χ4n) is 3.59. The normalized spacial score (nSPS) is 12.6. The summed E-state index contributed by atoms with van der Waals surface area (Å²) in [6.07, 6.45) is 1.35. The summed E-state index contributed by atoms with van der Waals surface area (Å²) >= 11 is 5.63. The first kappa shape index (κ1) is 43.2. The average Bonchev–Trinajstić information content (AvgIpc) is 2.90. The number of ether oxygens (including phenoxy) is 2. The van der Waals surface area contributed by atoms with Crippen molar-refractivity contribution in [1.82, 2.24) is 30.6 Å². The largest absolute Gasteiger partial charge is 0.446 e. The second-order valence-electron chi connectivity index (χ2n) is 14.3. The Morgan fingerprint density at radius 1 is 0.740 bits per heavy atom. The molecule has 2 rings (SSSR count). The van der Waals surface area contributed by atoms with Crippen LogP contribution in [0.2, 0.25) is 5.28 Å². The van der Waals surface area contributed by atoms with Crippen LogP contribution in [0, 0.1) is 20.2 Å². The van der Waals surface area contributed by atoms with Gasteiger partial charge in [-0.3, -0.25) is 20.2 Å². The smallest absolute Gasteiger partial charge is 0.407 e. The molecule has 0 saturated carbocycles. The Balaban J connectivity index is 0.000000506. The van der Waals surface area contributed by atoms with Crippen LogP contribution in [0.25, 0.3) is 0 Å². The SMILES string of the molecule is CC(CCNc1nc(Cl)ncc1[N+](=O)[O-])OC(=O)NC(C)(C)C.CC(CCNc1nc(NC(C)(C)C)ncc1[N+](=O)[O-])OC(=O)NC(C)(C)C. The van der Waals surface area contributed by atoms with Crippen LogP contribution in [0.5, 0.6) is 0 Å². The van der Waals surface area contributed by atoms with Gasteiger partial charge >= 0.3 is 23.6 Å².